The van der Waals surface area contributed by atoms with Crippen molar-refractivity contribution < 1.29 is 9.90 Å². The lowest BCUT2D eigenvalue weighted by Gasteiger charge is -2.49. The molecule has 0 aromatic rings. The number of rotatable bonds is 2. The monoisotopic (exact) mass is 155 g/mol. The summed E-state index contributed by atoms with van der Waals surface area (Å²) >= 11 is 0. The summed E-state index contributed by atoms with van der Waals surface area (Å²) in [5, 5.41) is 11.9. The maximum absolute atomic E-state index is 10.4. The van der Waals surface area contributed by atoms with Crippen molar-refractivity contribution in [3.05, 3.63) is 0 Å². The first-order valence-electron chi connectivity index (χ1n) is 4.20. The zero-order valence-corrected chi connectivity index (χ0v) is 6.42. The molecule has 2 heterocycles. The van der Waals surface area contributed by atoms with Gasteiger partial charge in [0.15, 0.2) is 0 Å². The first-order valence-corrected chi connectivity index (χ1v) is 4.20. The van der Waals surface area contributed by atoms with Gasteiger partial charge in [-0.15, -0.1) is 0 Å². The van der Waals surface area contributed by atoms with Crippen molar-refractivity contribution in [3.8, 4) is 0 Å². The van der Waals surface area contributed by atoms with Crippen molar-refractivity contribution in [2.75, 3.05) is 13.1 Å². The van der Waals surface area contributed by atoms with Crippen LogP contribution in [0.1, 0.15) is 12.8 Å². The maximum Gasteiger partial charge on any atom is 0.303 e. The summed E-state index contributed by atoms with van der Waals surface area (Å²) in [4.78, 5) is 10.4. The molecule has 2 saturated heterocycles. The maximum atomic E-state index is 10.4. The van der Waals surface area contributed by atoms with Gasteiger partial charge in [-0.25, -0.2) is 0 Å². The van der Waals surface area contributed by atoms with E-state index in [4.69, 9.17) is 5.11 Å². The van der Waals surface area contributed by atoms with Crippen molar-refractivity contribution in [1.29, 1.82) is 0 Å². The molecule has 0 spiro atoms. The lowest BCUT2D eigenvalue weighted by Crippen LogP contribution is -2.53. The van der Waals surface area contributed by atoms with Gasteiger partial charge in [-0.05, 0) is 37.3 Å². The number of aliphatic carboxylic acids is 1. The van der Waals surface area contributed by atoms with E-state index in [2.05, 4.69) is 5.32 Å². The van der Waals surface area contributed by atoms with E-state index in [9.17, 15) is 4.79 Å². The summed E-state index contributed by atoms with van der Waals surface area (Å²) < 4.78 is 0. The Bertz CT molecular complexity index is 167. The minimum atomic E-state index is -0.633. The van der Waals surface area contributed by atoms with Crippen LogP contribution < -0.4 is 5.32 Å². The molecule has 1 saturated carbocycles. The van der Waals surface area contributed by atoms with E-state index in [1.807, 2.05) is 0 Å². The average molecular weight is 155 g/mol. The summed E-state index contributed by atoms with van der Waals surface area (Å²) in [5.74, 6) is 1.16. The highest BCUT2D eigenvalue weighted by atomic mass is 16.4. The molecule has 2 unspecified atom stereocenters. The fourth-order valence-electron chi connectivity index (χ4n) is 2.39. The Morgan fingerprint density at radius 2 is 2.09 bits per heavy atom. The fraction of sp³-hybridized carbons (Fsp3) is 0.875. The number of carboxylic acid groups (broad SMARTS) is 1. The van der Waals surface area contributed by atoms with Crippen LogP contribution in [0.15, 0.2) is 0 Å². The van der Waals surface area contributed by atoms with E-state index in [0.717, 1.165) is 13.1 Å². The third-order valence-corrected chi connectivity index (χ3v) is 3.04. The fourth-order valence-corrected chi connectivity index (χ4v) is 2.39. The smallest absolute Gasteiger partial charge is 0.303 e. The molecular formula is C8H13NO2. The lowest BCUT2D eigenvalue weighted by molar-refractivity contribution is -0.141. The minimum Gasteiger partial charge on any atom is -0.481 e. The topological polar surface area (TPSA) is 49.3 Å². The van der Waals surface area contributed by atoms with E-state index in [1.165, 1.54) is 6.42 Å². The number of piperidine rings is 2. The van der Waals surface area contributed by atoms with Crippen LogP contribution in [0.25, 0.3) is 0 Å². The summed E-state index contributed by atoms with van der Waals surface area (Å²) in [6.07, 6.45) is 1.64. The zero-order chi connectivity index (χ0) is 7.84. The summed E-state index contributed by atoms with van der Waals surface area (Å²) in [6.45, 7) is 2.07. The molecule has 0 aromatic heterocycles. The van der Waals surface area contributed by atoms with Crippen LogP contribution in [0, 0.1) is 17.8 Å². The van der Waals surface area contributed by atoms with Gasteiger partial charge in [0.05, 0.1) is 0 Å². The van der Waals surface area contributed by atoms with E-state index in [1.54, 1.807) is 0 Å². The second kappa shape index (κ2) is 2.48. The Hall–Kier alpha value is -0.570. The normalized spacial score (nSPS) is 41.3. The van der Waals surface area contributed by atoms with Crippen molar-refractivity contribution in [2.24, 2.45) is 17.8 Å². The van der Waals surface area contributed by atoms with Crippen LogP contribution in [0.5, 0.6) is 0 Å². The van der Waals surface area contributed by atoms with Gasteiger partial charge < -0.3 is 10.4 Å². The lowest BCUT2D eigenvalue weighted by atomic mass is 9.61. The number of hydrogen-bond donors (Lipinski definition) is 2. The molecule has 0 aromatic carbocycles. The van der Waals surface area contributed by atoms with Gasteiger partial charge in [-0.3, -0.25) is 4.79 Å². The molecule has 2 aliphatic heterocycles. The third-order valence-electron chi connectivity index (χ3n) is 3.04. The first-order chi connectivity index (χ1) is 5.27. The molecule has 11 heavy (non-hydrogen) atoms. The molecule has 3 heteroatoms. The molecule has 2 bridgehead atoms. The van der Waals surface area contributed by atoms with Gasteiger partial charge in [0, 0.05) is 6.42 Å². The van der Waals surface area contributed by atoms with Crippen molar-refractivity contribution >= 4 is 5.97 Å². The van der Waals surface area contributed by atoms with Gasteiger partial charge in [-0.1, -0.05) is 0 Å². The van der Waals surface area contributed by atoms with Crippen molar-refractivity contribution in [3.63, 3.8) is 0 Å². The van der Waals surface area contributed by atoms with Crippen LogP contribution in [0.4, 0.5) is 0 Å². The molecule has 3 nitrogen and oxygen atoms in total. The summed E-state index contributed by atoms with van der Waals surface area (Å²) in [6, 6.07) is 0. The third kappa shape index (κ3) is 1.13. The Balaban J connectivity index is 1.91. The molecule has 1 aliphatic carbocycles. The molecule has 62 valence electrons. The van der Waals surface area contributed by atoms with Crippen LogP contribution >= 0.6 is 0 Å². The minimum absolute atomic E-state index is 0.386. The quantitative estimate of drug-likeness (QED) is 0.603. The van der Waals surface area contributed by atoms with Crippen molar-refractivity contribution in [2.45, 2.75) is 12.8 Å². The highest BCUT2D eigenvalue weighted by molar-refractivity contribution is 5.67. The van der Waals surface area contributed by atoms with Gasteiger partial charge >= 0.3 is 5.97 Å². The average Bonchev–Trinajstić information content (AvgIpc) is 2.01. The van der Waals surface area contributed by atoms with Crippen LogP contribution in [-0.2, 0) is 4.79 Å². The Kier molecular flexibility index (Phi) is 1.60. The second-order valence-electron chi connectivity index (χ2n) is 3.68. The van der Waals surface area contributed by atoms with Gasteiger partial charge in [0.25, 0.3) is 0 Å². The molecule has 0 amide bonds. The molecule has 3 fully saturated rings. The van der Waals surface area contributed by atoms with Crippen LogP contribution in [-0.4, -0.2) is 24.2 Å². The van der Waals surface area contributed by atoms with E-state index in [0.29, 0.717) is 24.2 Å². The number of fused-ring (bicyclic) bond motifs is 2. The summed E-state index contributed by atoms with van der Waals surface area (Å²) in [5.41, 5.74) is 0. The largest absolute Gasteiger partial charge is 0.481 e. The predicted octanol–water partition coefficient (Wildman–Crippen LogP) is 0.317. The predicted molar refractivity (Wildman–Crippen MR) is 40.2 cm³/mol. The second-order valence-corrected chi connectivity index (χ2v) is 3.68. The molecule has 3 aliphatic rings. The molecule has 2 N–H and O–H groups in total. The van der Waals surface area contributed by atoms with Crippen LogP contribution in [0.3, 0.4) is 0 Å². The van der Waals surface area contributed by atoms with Crippen molar-refractivity contribution in [1.82, 2.24) is 5.32 Å². The highest BCUT2D eigenvalue weighted by Gasteiger charge is 2.44. The van der Waals surface area contributed by atoms with Gasteiger partial charge in [0.2, 0.25) is 0 Å². The Labute approximate surface area is 65.8 Å². The number of hydrogen-bond acceptors (Lipinski definition) is 2. The first kappa shape index (κ1) is 7.10. The highest BCUT2D eigenvalue weighted by Crippen LogP contribution is 2.44. The van der Waals surface area contributed by atoms with Gasteiger partial charge in [0.1, 0.15) is 0 Å². The Morgan fingerprint density at radius 1 is 1.45 bits per heavy atom. The standard InChI is InChI=1S/C8H13NO2/c10-8(11)2-7-5-1-6(7)4-9-3-5/h5-7,9H,1-4H2,(H,10,11). The van der Waals surface area contributed by atoms with Gasteiger partial charge in [-0.2, -0.15) is 0 Å². The number of carboxylic acids is 1. The van der Waals surface area contributed by atoms with Crippen LogP contribution in [0.2, 0.25) is 0 Å². The van der Waals surface area contributed by atoms with E-state index >= 15 is 0 Å². The number of carbonyl (C=O) groups is 1. The number of nitrogens with one attached hydrogen (secondary N) is 1. The molecule has 0 radical (unpaired) electrons. The molecular weight excluding hydrogens is 142 g/mol. The van der Waals surface area contributed by atoms with E-state index < -0.39 is 5.97 Å². The van der Waals surface area contributed by atoms with E-state index in [-0.39, 0.29) is 0 Å². The SMILES string of the molecule is O=C(O)CC1C2CNCC1C2. The zero-order valence-electron chi connectivity index (χ0n) is 6.42. The molecule has 3 rings (SSSR count). The summed E-state index contributed by atoms with van der Waals surface area (Å²) in [7, 11) is 0. The molecule has 2 atom stereocenters. The Morgan fingerprint density at radius 3 is 2.55 bits per heavy atom.